The van der Waals surface area contributed by atoms with Crippen LogP contribution in [0.15, 0.2) is 71.6 Å². The van der Waals surface area contributed by atoms with E-state index in [1.807, 2.05) is 37.3 Å². The molecule has 0 aromatic heterocycles. The fourth-order valence-electron chi connectivity index (χ4n) is 4.03. The lowest BCUT2D eigenvalue weighted by Crippen LogP contribution is -2.31. The van der Waals surface area contributed by atoms with Crippen molar-refractivity contribution in [2.75, 3.05) is 10.0 Å². The molecular weight excluding hydrogens is 416 g/mol. The Hall–Kier alpha value is -2.50. The Kier molecular flexibility index (Phi) is 5.28. The summed E-state index contributed by atoms with van der Waals surface area (Å²) in [5, 5.41) is 4.25. The van der Waals surface area contributed by atoms with Gasteiger partial charge >= 0.3 is 0 Å². The molecule has 3 aromatic rings. The number of para-hydroxylation sites is 1. The summed E-state index contributed by atoms with van der Waals surface area (Å²) < 4.78 is 28.2. The molecule has 0 radical (unpaired) electrons. The van der Waals surface area contributed by atoms with Crippen LogP contribution in [0, 0.1) is 6.92 Å². The molecule has 0 bridgehead atoms. The first kappa shape index (κ1) is 20.8. The Bertz CT molecular complexity index is 1190. The quantitative estimate of drug-likeness (QED) is 0.501. The van der Waals surface area contributed by atoms with Crippen LogP contribution in [0.1, 0.15) is 43.0 Å². The Balaban J connectivity index is 1.63. The van der Waals surface area contributed by atoms with Crippen molar-refractivity contribution in [2.45, 2.75) is 43.5 Å². The zero-order valence-corrected chi connectivity index (χ0v) is 18.8. The highest BCUT2D eigenvalue weighted by atomic mass is 35.5. The molecule has 156 valence electrons. The van der Waals surface area contributed by atoms with Crippen LogP contribution < -0.4 is 10.0 Å². The highest BCUT2D eigenvalue weighted by Gasteiger charge is 2.34. The number of anilines is 2. The number of rotatable bonds is 4. The number of aryl methyl sites for hydroxylation is 1. The second-order valence-electron chi connectivity index (χ2n) is 8.49. The van der Waals surface area contributed by atoms with E-state index in [0.717, 1.165) is 23.2 Å². The molecule has 1 aliphatic rings. The lowest BCUT2D eigenvalue weighted by Gasteiger charge is -2.39. The largest absolute Gasteiger partial charge is 0.377 e. The van der Waals surface area contributed by atoms with E-state index in [1.165, 1.54) is 5.56 Å². The Labute approximate surface area is 183 Å². The summed E-state index contributed by atoms with van der Waals surface area (Å²) in [6.45, 7) is 6.34. The van der Waals surface area contributed by atoms with Crippen molar-refractivity contribution in [1.29, 1.82) is 0 Å². The van der Waals surface area contributed by atoms with Gasteiger partial charge in [-0.05, 0) is 60.2 Å². The number of nitrogens with one attached hydrogen (secondary N) is 2. The van der Waals surface area contributed by atoms with Gasteiger partial charge in [-0.3, -0.25) is 4.72 Å². The van der Waals surface area contributed by atoms with Crippen molar-refractivity contribution in [2.24, 2.45) is 0 Å². The molecule has 4 rings (SSSR count). The normalized spacial score (nSPS) is 17.7. The molecule has 1 atom stereocenters. The predicted octanol–water partition coefficient (Wildman–Crippen LogP) is 6.28. The highest BCUT2D eigenvalue weighted by Crippen LogP contribution is 2.46. The van der Waals surface area contributed by atoms with Gasteiger partial charge in [0.1, 0.15) is 0 Å². The van der Waals surface area contributed by atoms with Gasteiger partial charge in [0.2, 0.25) is 0 Å². The molecule has 0 fully saturated rings. The number of halogens is 1. The van der Waals surface area contributed by atoms with Gasteiger partial charge in [-0.2, -0.15) is 0 Å². The van der Waals surface area contributed by atoms with Crippen LogP contribution in [0.5, 0.6) is 0 Å². The van der Waals surface area contributed by atoms with Crippen LogP contribution in [-0.2, 0) is 15.4 Å². The van der Waals surface area contributed by atoms with Crippen LogP contribution in [0.25, 0.3) is 0 Å². The van der Waals surface area contributed by atoms with Crippen molar-refractivity contribution >= 4 is 33.0 Å². The minimum atomic E-state index is -3.65. The van der Waals surface area contributed by atoms with E-state index in [1.54, 1.807) is 30.3 Å². The molecule has 0 saturated carbocycles. The summed E-state index contributed by atoms with van der Waals surface area (Å²) in [4.78, 5) is 0.246. The molecule has 1 aliphatic heterocycles. The summed E-state index contributed by atoms with van der Waals surface area (Å²) in [5.41, 5.74) is 4.65. The average molecular weight is 441 g/mol. The van der Waals surface area contributed by atoms with Crippen molar-refractivity contribution in [1.82, 2.24) is 0 Å². The van der Waals surface area contributed by atoms with E-state index in [9.17, 15) is 8.42 Å². The smallest absolute Gasteiger partial charge is 0.261 e. The van der Waals surface area contributed by atoms with Gasteiger partial charge in [0, 0.05) is 5.69 Å². The van der Waals surface area contributed by atoms with E-state index >= 15 is 0 Å². The van der Waals surface area contributed by atoms with Crippen molar-refractivity contribution < 1.29 is 8.42 Å². The zero-order chi connectivity index (χ0) is 21.5. The fourth-order valence-corrected chi connectivity index (χ4v) is 5.31. The van der Waals surface area contributed by atoms with Crippen LogP contribution in [0.4, 0.5) is 11.4 Å². The molecular formula is C24H25ClN2O2S. The van der Waals surface area contributed by atoms with Gasteiger partial charge in [-0.1, -0.05) is 67.4 Å². The predicted molar refractivity (Wildman–Crippen MR) is 124 cm³/mol. The van der Waals surface area contributed by atoms with Crippen LogP contribution >= 0.6 is 11.6 Å². The maximum absolute atomic E-state index is 12.8. The van der Waals surface area contributed by atoms with Gasteiger partial charge in [0.05, 0.1) is 21.6 Å². The van der Waals surface area contributed by atoms with Gasteiger partial charge < -0.3 is 5.32 Å². The fraction of sp³-hybridized carbons (Fsp3) is 0.250. The Morgan fingerprint density at radius 2 is 1.73 bits per heavy atom. The topological polar surface area (TPSA) is 58.2 Å². The molecule has 3 aromatic carbocycles. The SMILES string of the molecule is Cc1ccc(S(=O)(=O)Nc2cccc(C3CC(C)(C)c4cccc(Cl)c4N3)c2)cc1. The number of sulfonamides is 1. The first-order chi connectivity index (χ1) is 14.2. The summed E-state index contributed by atoms with van der Waals surface area (Å²) in [7, 11) is -3.65. The van der Waals surface area contributed by atoms with Gasteiger partial charge in [-0.25, -0.2) is 8.42 Å². The molecule has 2 N–H and O–H groups in total. The summed E-state index contributed by atoms with van der Waals surface area (Å²) >= 11 is 6.47. The van der Waals surface area contributed by atoms with E-state index in [2.05, 4.69) is 30.0 Å². The molecule has 1 unspecified atom stereocenters. The molecule has 0 saturated heterocycles. The van der Waals surface area contributed by atoms with Gasteiger partial charge in [0.25, 0.3) is 10.0 Å². The second kappa shape index (κ2) is 7.64. The standard InChI is InChI=1S/C24H25ClN2O2S/c1-16-10-12-19(13-11-16)30(28,29)27-18-7-4-6-17(14-18)22-15-24(2,3)20-8-5-9-21(25)23(20)26-22/h4-14,22,26-27H,15H2,1-3H3. The monoisotopic (exact) mass is 440 g/mol. The molecule has 0 spiro atoms. The molecule has 6 heteroatoms. The van der Waals surface area contributed by atoms with Crippen molar-refractivity contribution in [3.63, 3.8) is 0 Å². The molecule has 1 heterocycles. The number of benzene rings is 3. The maximum Gasteiger partial charge on any atom is 0.261 e. The average Bonchev–Trinajstić information content (AvgIpc) is 2.68. The van der Waals surface area contributed by atoms with E-state index < -0.39 is 10.0 Å². The third kappa shape index (κ3) is 4.05. The second-order valence-corrected chi connectivity index (χ2v) is 10.6. The van der Waals surface area contributed by atoms with E-state index in [4.69, 9.17) is 11.6 Å². The maximum atomic E-state index is 12.8. The lowest BCUT2D eigenvalue weighted by atomic mass is 9.74. The van der Waals surface area contributed by atoms with Crippen LogP contribution in [0.3, 0.4) is 0 Å². The lowest BCUT2D eigenvalue weighted by molar-refractivity contribution is 0.427. The summed E-state index contributed by atoms with van der Waals surface area (Å²) in [6, 6.07) is 20.4. The molecule has 0 amide bonds. The van der Waals surface area contributed by atoms with Gasteiger partial charge in [-0.15, -0.1) is 0 Å². The molecule has 30 heavy (non-hydrogen) atoms. The zero-order valence-electron chi connectivity index (χ0n) is 17.2. The minimum absolute atomic E-state index is 0.0243. The Morgan fingerprint density at radius 3 is 2.47 bits per heavy atom. The van der Waals surface area contributed by atoms with Crippen molar-refractivity contribution in [3.05, 3.63) is 88.4 Å². The first-order valence-electron chi connectivity index (χ1n) is 9.91. The molecule has 4 nitrogen and oxygen atoms in total. The third-order valence-corrected chi connectivity index (χ3v) is 7.36. The molecule has 0 aliphatic carbocycles. The van der Waals surface area contributed by atoms with E-state index in [-0.39, 0.29) is 16.4 Å². The minimum Gasteiger partial charge on any atom is -0.377 e. The Morgan fingerprint density at radius 1 is 1.03 bits per heavy atom. The summed E-state index contributed by atoms with van der Waals surface area (Å²) in [6.07, 6.45) is 0.870. The number of fused-ring (bicyclic) bond motifs is 1. The van der Waals surface area contributed by atoms with Crippen LogP contribution in [0.2, 0.25) is 5.02 Å². The first-order valence-corrected chi connectivity index (χ1v) is 11.8. The van der Waals surface area contributed by atoms with Crippen LogP contribution in [-0.4, -0.2) is 8.42 Å². The summed E-state index contributed by atoms with van der Waals surface area (Å²) in [5.74, 6) is 0. The highest BCUT2D eigenvalue weighted by molar-refractivity contribution is 7.92. The third-order valence-electron chi connectivity index (χ3n) is 5.65. The number of hydrogen-bond acceptors (Lipinski definition) is 3. The van der Waals surface area contributed by atoms with Gasteiger partial charge in [0.15, 0.2) is 0 Å². The van der Waals surface area contributed by atoms with E-state index in [0.29, 0.717) is 10.7 Å². The number of hydrogen-bond donors (Lipinski definition) is 2. The van der Waals surface area contributed by atoms with Crippen molar-refractivity contribution in [3.8, 4) is 0 Å².